The topological polar surface area (TPSA) is 60.2 Å². The minimum absolute atomic E-state index is 0.0145. The first kappa shape index (κ1) is 13.7. The lowest BCUT2D eigenvalue weighted by atomic mass is 10.1. The number of rotatable bonds is 4. The van der Waals surface area contributed by atoms with Gasteiger partial charge in [0.15, 0.2) is 9.84 Å². The number of hydrogen-bond acceptors (Lipinski definition) is 3. The first-order valence-electron chi connectivity index (χ1n) is 5.78. The Kier molecular flexibility index (Phi) is 3.97. The minimum atomic E-state index is -3.56. The summed E-state index contributed by atoms with van der Waals surface area (Å²) in [6, 6.07) is 12.1. The quantitative estimate of drug-likeness (QED) is 0.934. The van der Waals surface area contributed by atoms with Crippen LogP contribution in [0.4, 0.5) is 4.39 Å². The minimum Gasteiger partial charge on any atom is -0.326 e. The summed E-state index contributed by atoms with van der Waals surface area (Å²) in [5.74, 6) is -0.739. The van der Waals surface area contributed by atoms with Gasteiger partial charge in [-0.15, -0.1) is 0 Å². The van der Waals surface area contributed by atoms with Crippen molar-refractivity contribution in [1.82, 2.24) is 0 Å². The maximum absolute atomic E-state index is 13.1. The maximum atomic E-state index is 13.1. The Morgan fingerprint density at radius 1 is 1.00 bits per heavy atom. The first-order valence-corrected chi connectivity index (χ1v) is 7.43. The molecule has 3 nitrogen and oxygen atoms in total. The zero-order chi connectivity index (χ0) is 13.9. The van der Waals surface area contributed by atoms with E-state index in [0.717, 1.165) is 11.6 Å². The highest BCUT2D eigenvalue weighted by Crippen LogP contribution is 2.19. The van der Waals surface area contributed by atoms with E-state index in [4.69, 9.17) is 5.73 Å². The Labute approximate surface area is 111 Å². The summed E-state index contributed by atoms with van der Waals surface area (Å²) in [4.78, 5) is -0.0145. The molecule has 2 N–H and O–H groups in total. The monoisotopic (exact) mass is 279 g/mol. The Morgan fingerprint density at radius 3 is 2.32 bits per heavy atom. The molecular weight excluding hydrogens is 265 g/mol. The van der Waals surface area contributed by atoms with Gasteiger partial charge in [-0.1, -0.05) is 30.3 Å². The molecule has 5 heteroatoms. The van der Waals surface area contributed by atoms with Crippen molar-refractivity contribution < 1.29 is 12.8 Å². The Bertz CT molecular complexity index is 683. The smallest absolute Gasteiger partial charge is 0.182 e. The molecule has 2 aromatic rings. The molecule has 0 aliphatic heterocycles. The van der Waals surface area contributed by atoms with Gasteiger partial charge in [0.1, 0.15) is 5.82 Å². The lowest BCUT2D eigenvalue weighted by molar-refractivity contribution is 0.590. The van der Waals surface area contributed by atoms with E-state index in [0.29, 0.717) is 5.56 Å². The van der Waals surface area contributed by atoms with Crippen LogP contribution in [0, 0.1) is 5.82 Å². The average molecular weight is 279 g/mol. The number of hydrogen-bond donors (Lipinski definition) is 1. The molecule has 0 spiro atoms. The molecule has 0 bridgehead atoms. The lowest BCUT2D eigenvalue weighted by Crippen LogP contribution is -2.09. The van der Waals surface area contributed by atoms with Gasteiger partial charge < -0.3 is 5.73 Å². The van der Waals surface area contributed by atoms with Crippen LogP contribution in [0.25, 0.3) is 0 Å². The highest BCUT2D eigenvalue weighted by Gasteiger charge is 2.17. The van der Waals surface area contributed by atoms with Crippen molar-refractivity contribution in [1.29, 1.82) is 0 Å². The van der Waals surface area contributed by atoms with E-state index in [1.807, 2.05) is 0 Å². The van der Waals surface area contributed by atoms with Crippen LogP contribution in [0.2, 0.25) is 0 Å². The summed E-state index contributed by atoms with van der Waals surface area (Å²) in [5.41, 5.74) is 7.01. The second-order valence-electron chi connectivity index (χ2n) is 4.19. The second kappa shape index (κ2) is 5.50. The van der Waals surface area contributed by atoms with Crippen LogP contribution in [0.5, 0.6) is 0 Å². The van der Waals surface area contributed by atoms with E-state index in [2.05, 4.69) is 0 Å². The molecule has 0 saturated carbocycles. The van der Waals surface area contributed by atoms with Gasteiger partial charge in [0.05, 0.1) is 10.6 Å². The highest BCUT2D eigenvalue weighted by atomic mass is 32.2. The molecule has 19 heavy (non-hydrogen) atoms. The van der Waals surface area contributed by atoms with E-state index >= 15 is 0 Å². The van der Waals surface area contributed by atoms with Crippen LogP contribution in [0.15, 0.2) is 53.4 Å². The third-order valence-electron chi connectivity index (χ3n) is 2.84. The molecule has 0 aliphatic carbocycles. The Morgan fingerprint density at radius 2 is 1.68 bits per heavy atom. The van der Waals surface area contributed by atoms with Crippen molar-refractivity contribution in [2.75, 3.05) is 0 Å². The van der Waals surface area contributed by atoms with Crippen LogP contribution in [0.3, 0.4) is 0 Å². The third-order valence-corrected chi connectivity index (χ3v) is 4.50. The van der Waals surface area contributed by atoms with Gasteiger partial charge >= 0.3 is 0 Å². The summed E-state index contributed by atoms with van der Waals surface area (Å²) in [6.45, 7) is 0.273. The standard InChI is InChI=1S/C14H14FNO2S/c15-13-6-3-7-14(8-13)19(17,18)10-12-5-2-1-4-11(12)9-16/h1-8H,9-10,16H2. The van der Waals surface area contributed by atoms with Crippen molar-refractivity contribution in [2.45, 2.75) is 17.2 Å². The fourth-order valence-corrected chi connectivity index (χ4v) is 3.28. The summed E-state index contributed by atoms with van der Waals surface area (Å²) in [6.07, 6.45) is 0. The highest BCUT2D eigenvalue weighted by molar-refractivity contribution is 7.90. The summed E-state index contributed by atoms with van der Waals surface area (Å²) in [7, 11) is -3.56. The summed E-state index contributed by atoms with van der Waals surface area (Å²) >= 11 is 0. The molecule has 0 atom stereocenters. The van der Waals surface area contributed by atoms with Crippen LogP contribution in [-0.4, -0.2) is 8.42 Å². The van der Waals surface area contributed by atoms with Gasteiger partial charge in [-0.3, -0.25) is 0 Å². The van der Waals surface area contributed by atoms with Crippen LogP contribution >= 0.6 is 0 Å². The van der Waals surface area contributed by atoms with E-state index in [1.54, 1.807) is 24.3 Å². The number of nitrogens with two attached hydrogens (primary N) is 1. The number of benzene rings is 2. The van der Waals surface area contributed by atoms with Crippen molar-refractivity contribution in [3.63, 3.8) is 0 Å². The molecule has 0 unspecified atom stereocenters. The van der Waals surface area contributed by atoms with Gasteiger partial charge in [0, 0.05) is 6.54 Å². The average Bonchev–Trinajstić information content (AvgIpc) is 2.39. The van der Waals surface area contributed by atoms with Gasteiger partial charge in [-0.05, 0) is 29.3 Å². The van der Waals surface area contributed by atoms with Crippen molar-refractivity contribution in [3.05, 3.63) is 65.5 Å². The van der Waals surface area contributed by atoms with Crippen molar-refractivity contribution >= 4 is 9.84 Å². The third kappa shape index (κ3) is 3.19. The number of halogens is 1. The van der Waals surface area contributed by atoms with Crippen LogP contribution in [0.1, 0.15) is 11.1 Å². The fraction of sp³-hybridized carbons (Fsp3) is 0.143. The van der Waals surface area contributed by atoms with Gasteiger partial charge in [-0.25, -0.2) is 12.8 Å². The zero-order valence-electron chi connectivity index (χ0n) is 10.2. The Hall–Kier alpha value is -1.72. The van der Waals surface area contributed by atoms with Crippen molar-refractivity contribution in [3.8, 4) is 0 Å². The van der Waals surface area contributed by atoms with Gasteiger partial charge in [-0.2, -0.15) is 0 Å². The summed E-state index contributed by atoms with van der Waals surface area (Å²) in [5, 5.41) is 0. The molecule has 2 rings (SSSR count). The normalized spacial score (nSPS) is 11.5. The molecule has 0 amide bonds. The molecule has 2 aromatic carbocycles. The molecule has 0 fully saturated rings. The molecule has 0 saturated heterocycles. The van der Waals surface area contributed by atoms with Crippen LogP contribution in [-0.2, 0) is 22.1 Å². The van der Waals surface area contributed by atoms with E-state index < -0.39 is 15.7 Å². The van der Waals surface area contributed by atoms with E-state index in [9.17, 15) is 12.8 Å². The zero-order valence-corrected chi connectivity index (χ0v) is 11.0. The van der Waals surface area contributed by atoms with Crippen LogP contribution < -0.4 is 5.73 Å². The second-order valence-corrected chi connectivity index (χ2v) is 6.18. The fourth-order valence-electron chi connectivity index (χ4n) is 1.85. The van der Waals surface area contributed by atoms with Gasteiger partial charge in [0.25, 0.3) is 0 Å². The van der Waals surface area contributed by atoms with Crippen molar-refractivity contribution in [2.24, 2.45) is 5.73 Å². The maximum Gasteiger partial charge on any atom is 0.182 e. The Balaban J connectivity index is 2.37. The molecule has 0 aliphatic rings. The molecule has 0 aromatic heterocycles. The number of sulfone groups is 1. The molecule has 0 radical (unpaired) electrons. The first-order chi connectivity index (χ1) is 9.03. The van der Waals surface area contributed by atoms with E-state index in [1.165, 1.54) is 18.2 Å². The molecule has 100 valence electrons. The lowest BCUT2D eigenvalue weighted by Gasteiger charge is -2.08. The largest absolute Gasteiger partial charge is 0.326 e. The SMILES string of the molecule is NCc1ccccc1CS(=O)(=O)c1cccc(F)c1. The molecular formula is C14H14FNO2S. The van der Waals surface area contributed by atoms with E-state index in [-0.39, 0.29) is 17.2 Å². The summed E-state index contributed by atoms with van der Waals surface area (Å²) < 4.78 is 37.5. The van der Waals surface area contributed by atoms with Gasteiger partial charge in [0.2, 0.25) is 0 Å². The predicted octanol–water partition coefficient (Wildman–Crippen LogP) is 2.26. The predicted molar refractivity (Wildman–Crippen MR) is 71.6 cm³/mol. The molecule has 0 heterocycles.